The van der Waals surface area contributed by atoms with Gasteiger partial charge in [-0.05, 0) is 57.6 Å². The Morgan fingerprint density at radius 3 is 2.16 bits per heavy atom. The lowest BCUT2D eigenvalue weighted by Crippen LogP contribution is -2.41. The first-order chi connectivity index (χ1) is 8.80. The quantitative estimate of drug-likeness (QED) is 0.628. The molecule has 1 saturated heterocycles. The molecule has 0 saturated carbocycles. The average molecular weight is 280 g/mol. The molecule has 0 unspecified atom stereocenters. The van der Waals surface area contributed by atoms with Crippen LogP contribution in [0.2, 0.25) is 0 Å². The van der Waals surface area contributed by atoms with E-state index in [1.807, 2.05) is 18.2 Å². The molecule has 0 radical (unpaired) electrons. The van der Waals surface area contributed by atoms with Gasteiger partial charge < -0.3 is 14.0 Å². The summed E-state index contributed by atoms with van der Waals surface area (Å²) < 4.78 is 17.5. The van der Waals surface area contributed by atoms with Gasteiger partial charge in [-0.1, -0.05) is 0 Å². The van der Waals surface area contributed by atoms with E-state index >= 15 is 0 Å². The molecule has 1 aromatic rings. The molecule has 0 spiro atoms. The van der Waals surface area contributed by atoms with Crippen LogP contribution in [0.3, 0.4) is 0 Å². The molecule has 0 N–H and O–H groups in total. The molecule has 1 aromatic carbocycles. The number of benzene rings is 1. The Labute approximate surface area is 120 Å². The summed E-state index contributed by atoms with van der Waals surface area (Å²) in [4.78, 5) is 1.15. The fourth-order valence-electron chi connectivity index (χ4n) is 1.99. The van der Waals surface area contributed by atoms with Crippen LogP contribution in [0.25, 0.3) is 0 Å². The van der Waals surface area contributed by atoms with Crippen LogP contribution in [0.15, 0.2) is 23.1 Å². The van der Waals surface area contributed by atoms with E-state index in [0.29, 0.717) is 0 Å². The molecule has 0 aliphatic carbocycles. The van der Waals surface area contributed by atoms with Crippen LogP contribution >= 0.6 is 11.8 Å². The molecule has 0 bridgehead atoms. The highest BCUT2D eigenvalue weighted by atomic mass is 32.2. The minimum Gasteiger partial charge on any atom is -0.497 e. The average Bonchev–Trinajstić information content (AvgIpc) is 2.57. The molecule has 19 heavy (non-hydrogen) atoms. The monoisotopic (exact) mass is 280 g/mol. The van der Waals surface area contributed by atoms with E-state index in [2.05, 4.69) is 34.0 Å². The molecular formula is C14H21BO3S. The maximum atomic E-state index is 6.10. The first-order valence-corrected chi connectivity index (χ1v) is 7.61. The van der Waals surface area contributed by atoms with Gasteiger partial charge in [0.05, 0.1) is 18.3 Å². The van der Waals surface area contributed by atoms with Crippen molar-refractivity contribution in [3.63, 3.8) is 0 Å². The van der Waals surface area contributed by atoms with Crippen molar-refractivity contribution in [3.05, 3.63) is 18.2 Å². The number of hydrogen-bond donors (Lipinski definition) is 0. The van der Waals surface area contributed by atoms with E-state index < -0.39 is 0 Å². The SMILES string of the molecule is COc1ccc(SC)c(B2OC(C)(C)C(C)(C)O2)c1. The Bertz CT molecular complexity index is 458. The fraction of sp³-hybridized carbons (Fsp3) is 0.571. The summed E-state index contributed by atoms with van der Waals surface area (Å²) in [6.45, 7) is 8.25. The Morgan fingerprint density at radius 1 is 1.11 bits per heavy atom. The zero-order valence-electron chi connectivity index (χ0n) is 12.4. The molecule has 5 heteroatoms. The van der Waals surface area contributed by atoms with Gasteiger partial charge in [-0.3, -0.25) is 0 Å². The molecule has 1 heterocycles. The van der Waals surface area contributed by atoms with Gasteiger partial charge in [-0.2, -0.15) is 0 Å². The standard InChI is InChI=1S/C14H21BO3S/c1-13(2)14(3,4)18-15(17-13)11-9-10(16-5)7-8-12(11)19-6/h7-9H,1-6H3. The predicted molar refractivity (Wildman–Crippen MR) is 80.5 cm³/mol. The van der Waals surface area contributed by atoms with Gasteiger partial charge in [0.15, 0.2) is 0 Å². The highest BCUT2D eigenvalue weighted by Crippen LogP contribution is 2.37. The van der Waals surface area contributed by atoms with Crippen LogP contribution in [0.5, 0.6) is 5.75 Å². The summed E-state index contributed by atoms with van der Waals surface area (Å²) in [6.07, 6.45) is 2.05. The zero-order chi connectivity index (χ0) is 14.3. The van der Waals surface area contributed by atoms with Gasteiger partial charge in [0.25, 0.3) is 0 Å². The van der Waals surface area contributed by atoms with Crippen molar-refractivity contribution in [1.82, 2.24) is 0 Å². The predicted octanol–water partition coefficient (Wildman–Crippen LogP) is 2.72. The highest BCUT2D eigenvalue weighted by molar-refractivity contribution is 7.98. The first kappa shape index (κ1) is 14.8. The summed E-state index contributed by atoms with van der Waals surface area (Å²) in [5.74, 6) is 0.822. The van der Waals surface area contributed by atoms with E-state index in [9.17, 15) is 0 Å². The Kier molecular flexibility index (Phi) is 3.91. The van der Waals surface area contributed by atoms with Crippen molar-refractivity contribution in [2.45, 2.75) is 43.8 Å². The molecule has 1 fully saturated rings. The molecule has 0 atom stereocenters. The van der Waals surface area contributed by atoms with Gasteiger partial charge in [-0.15, -0.1) is 11.8 Å². The maximum Gasteiger partial charge on any atom is 0.496 e. The van der Waals surface area contributed by atoms with Gasteiger partial charge in [0, 0.05) is 4.90 Å². The van der Waals surface area contributed by atoms with E-state index in [0.717, 1.165) is 16.1 Å². The lowest BCUT2D eigenvalue weighted by Gasteiger charge is -2.32. The van der Waals surface area contributed by atoms with E-state index in [-0.39, 0.29) is 18.3 Å². The first-order valence-electron chi connectivity index (χ1n) is 6.38. The van der Waals surface area contributed by atoms with Crippen LogP contribution in [0.1, 0.15) is 27.7 Å². The topological polar surface area (TPSA) is 27.7 Å². The van der Waals surface area contributed by atoms with E-state index in [4.69, 9.17) is 14.0 Å². The second-order valence-corrected chi connectivity index (χ2v) is 6.54. The van der Waals surface area contributed by atoms with Gasteiger partial charge >= 0.3 is 7.12 Å². The van der Waals surface area contributed by atoms with Crippen molar-refractivity contribution >= 4 is 24.3 Å². The summed E-state index contributed by atoms with van der Waals surface area (Å²) in [5, 5.41) is 0. The highest BCUT2D eigenvalue weighted by Gasteiger charge is 2.52. The van der Waals surface area contributed by atoms with Crippen LogP contribution in [-0.2, 0) is 9.31 Å². The minimum absolute atomic E-state index is 0.323. The summed E-state index contributed by atoms with van der Waals surface area (Å²) in [7, 11) is 1.32. The van der Waals surface area contributed by atoms with Crippen molar-refractivity contribution in [3.8, 4) is 5.75 Å². The van der Waals surface area contributed by atoms with Crippen molar-refractivity contribution in [1.29, 1.82) is 0 Å². The summed E-state index contributed by atoms with van der Waals surface area (Å²) >= 11 is 1.69. The normalized spacial score (nSPS) is 20.6. The Morgan fingerprint density at radius 2 is 1.68 bits per heavy atom. The number of methoxy groups -OCH3 is 1. The third kappa shape index (κ3) is 2.64. The molecule has 2 rings (SSSR count). The molecular weight excluding hydrogens is 259 g/mol. The van der Waals surface area contributed by atoms with Crippen LogP contribution < -0.4 is 10.2 Å². The van der Waals surface area contributed by atoms with Crippen LogP contribution in [-0.4, -0.2) is 31.7 Å². The van der Waals surface area contributed by atoms with Crippen molar-refractivity contribution in [2.75, 3.05) is 13.4 Å². The molecule has 104 valence electrons. The van der Waals surface area contributed by atoms with E-state index in [1.165, 1.54) is 0 Å². The number of ether oxygens (including phenoxy) is 1. The largest absolute Gasteiger partial charge is 0.497 e. The smallest absolute Gasteiger partial charge is 0.496 e. The second-order valence-electron chi connectivity index (χ2n) is 5.70. The lowest BCUT2D eigenvalue weighted by molar-refractivity contribution is 0.00578. The third-order valence-corrected chi connectivity index (χ3v) is 4.76. The molecule has 3 nitrogen and oxygen atoms in total. The number of rotatable bonds is 3. The summed E-state index contributed by atoms with van der Waals surface area (Å²) in [5.41, 5.74) is 0.387. The van der Waals surface area contributed by atoms with Gasteiger partial charge in [-0.25, -0.2) is 0 Å². The Hall–Kier alpha value is -0.645. The zero-order valence-corrected chi connectivity index (χ0v) is 13.3. The molecule has 1 aliphatic heterocycles. The van der Waals surface area contributed by atoms with Crippen molar-refractivity contribution < 1.29 is 14.0 Å². The number of thioether (sulfide) groups is 1. The molecule has 0 amide bonds. The molecule has 1 aliphatic rings. The third-order valence-electron chi connectivity index (χ3n) is 3.94. The fourth-order valence-corrected chi connectivity index (χ4v) is 2.59. The van der Waals surface area contributed by atoms with Gasteiger partial charge in [0.2, 0.25) is 0 Å². The minimum atomic E-state index is -0.345. The summed E-state index contributed by atoms with van der Waals surface area (Å²) in [6, 6.07) is 6.00. The lowest BCUT2D eigenvalue weighted by atomic mass is 9.79. The van der Waals surface area contributed by atoms with Gasteiger partial charge in [0.1, 0.15) is 5.75 Å². The second kappa shape index (κ2) is 5.04. The van der Waals surface area contributed by atoms with E-state index in [1.54, 1.807) is 18.9 Å². The number of hydrogen-bond acceptors (Lipinski definition) is 4. The Balaban J connectivity index is 2.38. The van der Waals surface area contributed by atoms with Crippen molar-refractivity contribution in [2.24, 2.45) is 0 Å². The molecule has 0 aromatic heterocycles. The van der Waals surface area contributed by atoms with Crippen LogP contribution in [0, 0.1) is 0 Å². The maximum absolute atomic E-state index is 6.10. The van der Waals surface area contributed by atoms with Crippen LogP contribution in [0.4, 0.5) is 0 Å².